The maximum Gasteiger partial charge on any atom is 0.350 e. The second-order valence-electron chi connectivity index (χ2n) is 3.84. The Morgan fingerprint density at radius 3 is 2.50 bits per heavy atom. The Morgan fingerprint density at radius 1 is 1.44 bits per heavy atom. The Balaban J connectivity index is 3.56. The summed E-state index contributed by atoms with van der Waals surface area (Å²) < 4.78 is 1.67. The van der Waals surface area contributed by atoms with Crippen LogP contribution >= 0.6 is 0 Å². The van der Waals surface area contributed by atoms with Crippen LogP contribution < -0.4 is 11.2 Å². The Morgan fingerprint density at radius 2 is 2.06 bits per heavy atom. The van der Waals surface area contributed by atoms with Crippen molar-refractivity contribution >= 4 is 11.5 Å². The standard InChI is InChI=1S/C10H13N3O5/c1-3-4-11-6-8(13(17)18)9(15)12(10(11)16)5-7(2)14/h6H,3-5H2,1-2H3. The van der Waals surface area contributed by atoms with E-state index in [1.165, 1.54) is 6.92 Å². The van der Waals surface area contributed by atoms with E-state index in [0.717, 1.165) is 10.8 Å². The zero-order valence-corrected chi connectivity index (χ0v) is 10.1. The molecule has 0 atom stereocenters. The van der Waals surface area contributed by atoms with Crippen molar-refractivity contribution in [1.82, 2.24) is 9.13 Å². The van der Waals surface area contributed by atoms with Crippen LogP contribution in [0.3, 0.4) is 0 Å². The second-order valence-corrected chi connectivity index (χ2v) is 3.84. The molecule has 0 aliphatic heterocycles. The molecule has 0 saturated heterocycles. The van der Waals surface area contributed by atoms with Gasteiger partial charge in [-0.15, -0.1) is 0 Å². The van der Waals surface area contributed by atoms with Crippen LogP contribution in [0.2, 0.25) is 0 Å². The first-order valence-electron chi connectivity index (χ1n) is 5.36. The number of nitro groups is 1. The van der Waals surface area contributed by atoms with Gasteiger partial charge >= 0.3 is 16.9 Å². The highest BCUT2D eigenvalue weighted by Crippen LogP contribution is 2.01. The first-order valence-corrected chi connectivity index (χ1v) is 5.36. The predicted molar refractivity (Wildman–Crippen MR) is 62.6 cm³/mol. The van der Waals surface area contributed by atoms with Gasteiger partial charge in [0.2, 0.25) is 0 Å². The first-order chi connectivity index (χ1) is 8.38. The van der Waals surface area contributed by atoms with Crippen molar-refractivity contribution in [1.29, 1.82) is 0 Å². The minimum Gasteiger partial charge on any atom is -0.298 e. The summed E-state index contributed by atoms with van der Waals surface area (Å²) in [5.41, 5.74) is -2.46. The number of hydrogen-bond acceptors (Lipinski definition) is 5. The molecule has 8 heteroatoms. The van der Waals surface area contributed by atoms with Gasteiger partial charge in [0, 0.05) is 6.54 Å². The number of aromatic nitrogens is 2. The van der Waals surface area contributed by atoms with Crippen LogP contribution in [0.15, 0.2) is 15.8 Å². The topological polar surface area (TPSA) is 104 Å². The average Bonchev–Trinajstić information content (AvgIpc) is 2.27. The molecule has 0 aliphatic carbocycles. The highest BCUT2D eigenvalue weighted by atomic mass is 16.6. The monoisotopic (exact) mass is 255 g/mol. The molecule has 1 rings (SSSR count). The summed E-state index contributed by atoms with van der Waals surface area (Å²) in [6, 6.07) is 0. The fourth-order valence-electron chi connectivity index (χ4n) is 1.53. The second kappa shape index (κ2) is 5.39. The molecule has 0 aromatic carbocycles. The lowest BCUT2D eigenvalue weighted by atomic mass is 10.4. The highest BCUT2D eigenvalue weighted by Gasteiger charge is 2.20. The number of Topliss-reactive ketones (excluding diaryl/α,β-unsaturated/α-hetero) is 1. The summed E-state index contributed by atoms with van der Waals surface area (Å²) in [5, 5.41) is 10.7. The summed E-state index contributed by atoms with van der Waals surface area (Å²) in [6.45, 7) is 2.79. The van der Waals surface area contributed by atoms with Crippen molar-refractivity contribution in [2.45, 2.75) is 33.4 Å². The van der Waals surface area contributed by atoms with Gasteiger partial charge in [-0.1, -0.05) is 6.92 Å². The fraction of sp³-hybridized carbons (Fsp3) is 0.500. The van der Waals surface area contributed by atoms with Gasteiger partial charge in [-0.05, 0) is 13.3 Å². The molecular formula is C10H13N3O5. The molecule has 0 spiro atoms. The number of nitrogens with zero attached hydrogens (tertiary/aromatic N) is 3. The Labute approximate surface area is 102 Å². The van der Waals surface area contributed by atoms with E-state index in [4.69, 9.17) is 0 Å². The van der Waals surface area contributed by atoms with Crippen molar-refractivity contribution in [2.75, 3.05) is 0 Å². The molecule has 0 fully saturated rings. The van der Waals surface area contributed by atoms with Crippen LogP contribution in [0.25, 0.3) is 0 Å². The molecule has 98 valence electrons. The average molecular weight is 255 g/mol. The smallest absolute Gasteiger partial charge is 0.298 e. The lowest BCUT2D eigenvalue weighted by Gasteiger charge is -2.07. The van der Waals surface area contributed by atoms with Gasteiger partial charge in [0.05, 0.1) is 17.7 Å². The number of hydrogen-bond donors (Lipinski definition) is 0. The van der Waals surface area contributed by atoms with Crippen LogP contribution in [0.5, 0.6) is 0 Å². The van der Waals surface area contributed by atoms with E-state index in [1.807, 2.05) is 0 Å². The van der Waals surface area contributed by atoms with Crippen LogP contribution in [-0.2, 0) is 17.9 Å². The molecule has 0 N–H and O–H groups in total. The number of ketones is 1. The summed E-state index contributed by atoms with van der Waals surface area (Å²) in [6.07, 6.45) is 1.50. The van der Waals surface area contributed by atoms with Gasteiger partial charge < -0.3 is 0 Å². The predicted octanol–water partition coefficient (Wildman–Crippen LogP) is -0.0828. The Hall–Kier alpha value is -2.25. The van der Waals surface area contributed by atoms with E-state index in [-0.39, 0.29) is 6.54 Å². The molecule has 1 aromatic heterocycles. The third kappa shape index (κ3) is 2.70. The fourth-order valence-corrected chi connectivity index (χ4v) is 1.53. The minimum absolute atomic E-state index is 0.248. The van der Waals surface area contributed by atoms with E-state index in [9.17, 15) is 24.5 Å². The van der Waals surface area contributed by atoms with Crippen LogP contribution in [0.4, 0.5) is 5.69 Å². The number of carbonyl (C=O) groups excluding carboxylic acids is 1. The van der Waals surface area contributed by atoms with Crippen LogP contribution in [0, 0.1) is 10.1 Å². The third-order valence-electron chi connectivity index (χ3n) is 2.26. The van der Waals surface area contributed by atoms with Crippen molar-refractivity contribution in [3.05, 3.63) is 37.1 Å². The van der Waals surface area contributed by atoms with Gasteiger partial charge in [-0.3, -0.25) is 24.3 Å². The first kappa shape index (κ1) is 13.8. The maximum atomic E-state index is 11.8. The molecule has 0 unspecified atom stereocenters. The SMILES string of the molecule is CCCn1cc([N+](=O)[O-])c(=O)n(CC(C)=O)c1=O. The van der Waals surface area contributed by atoms with Crippen molar-refractivity contribution < 1.29 is 9.72 Å². The molecule has 0 bridgehead atoms. The summed E-state index contributed by atoms with van der Waals surface area (Å²) >= 11 is 0. The number of carbonyl (C=O) groups is 1. The summed E-state index contributed by atoms with van der Waals surface area (Å²) in [5.74, 6) is -0.419. The summed E-state index contributed by atoms with van der Waals surface area (Å²) in [4.78, 5) is 44.4. The van der Waals surface area contributed by atoms with Crippen molar-refractivity contribution in [2.24, 2.45) is 0 Å². The van der Waals surface area contributed by atoms with E-state index >= 15 is 0 Å². The molecule has 1 aromatic rings. The van der Waals surface area contributed by atoms with Crippen LogP contribution in [-0.4, -0.2) is 19.8 Å². The summed E-state index contributed by atoms with van der Waals surface area (Å²) in [7, 11) is 0. The van der Waals surface area contributed by atoms with E-state index in [0.29, 0.717) is 11.0 Å². The Bertz CT molecular complexity index is 599. The number of aryl methyl sites for hydroxylation is 1. The lowest BCUT2D eigenvalue weighted by molar-refractivity contribution is -0.387. The molecule has 8 nitrogen and oxygen atoms in total. The quantitative estimate of drug-likeness (QED) is 0.540. The van der Waals surface area contributed by atoms with Gasteiger partial charge in [0.15, 0.2) is 0 Å². The third-order valence-corrected chi connectivity index (χ3v) is 2.26. The zero-order valence-electron chi connectivity index (χ0n) is 10.1. The molecule has 0 aliphatic rings. The molecule has 0 radical (unpaired) electrons. The van der Waals surface area contributed by atoms with Crippen molar-refractivity contribution in [3.8, 4) is 0 Å². The normalized spacial score (nSPS) is 10.3. The molecule has 18 heavy (non-hydrogen) atoms. The van der Waals surface area contributed by atoms with Gasteiger partial charge in [0.1, 0.15) is 5.78 Å². The van der Waals surface area contributed by atoms with Gasteiger partial charge in [0.25, 0.3) is 0 Å². The highest BCUT2D eigenvalue weighted by molar-refractivity contribution is 5.75. The zero-order chi connectivity index (χ0) is 13.9. The van der Waals surface area contributed by atoms with Gasteiger partial charge in [-0.25, -0.2) is 9.36 Å². The maximum absolute atomic E-state index is 11.8. The number of rotatable bonds is 5. The lowest BCUT2D eigenvalue weighted by Crippen LogP contribution is -2.41. The molecule has 0 amide bonds. The molecule has 0 saturated carbocycles. The Kier molecular flexibility index (Phi) is 4.13. The molecular weight excluding hydrogens is 242 g/mol. The van der Waals surface area contributed by atoms with E-state index in [1.54, 1.807) is 6.92 Å². The largest absolute Gasteiger partial charge is 0.350 e. The van der Waals surface area contributed by atoms with Crippen LogP contribution in [0.1, 0.15) is 20.3 Å². The van der Waals surface area contributed by atoms with Gasteiger partial charge in [-0.2, -0.15) is 0 Å². The minimum atomic E-state index is -1.05. The van der Waals surface area contributed by atoms with E-state index in [2.05, 4.69) is 0 Å². The van der Waals surface area contributed by atoms with E-state index < -0.39 is 34.2 Å². The molecule has 1 heterocycles. The van der Waals surface area contributed by atoms with Crippen molar-refractivity contribution in [3.63, 3.8) is 0 Å².